The normalized spacial score (nSPS) is 19.9. The van der Waals surface area contributed by atoms with Crippen molar-refractivity contribution in [2.24, 2.45) is 11.8 Å². The summed E-state index contributed by atoms with van der Waals surface area (Å²) in [4.78, 5) is 22.5. The number of carbonyl (C=O) groups is 2. The summed E-state index contributed by atoms with van der Waals surface area (Å²) in [5, 5.41) is 11.3. The zero-order valence-electron chi connectivity index (χ0n) is 11.0. The SMILES string of the molecule is O=C(O)C1CC1C(=O)NCc1cc(Cl)cc(Cl)c1OC(F)F. The number of ether oxygens (including phenoxy) is 1. The minimum atomic E-state index is -3.08. The van der Waals surface area contributed by atoms with E-state index in [1.54, 1.807) is 0 Å². The van der Waals surface area contributed by atoms with Gasteiger partial charge in [0.05, 0.1) is 16.9 Å². The summed E-state index contributed by atoms with van der Waals surface area (Å²) in [6.45, 7) is -3.22. The number of carboxylic acids is 1. The molecular formula is C13H11Cl2F2NO4. The van der Waals surface area contributed by atoms with Crippen LogP contribution in [-0.4, -0.2) is 23.6 Å². The number of alkyl halides is 2. The van der Waals surface area contributed by atoms with Gasteiger partial charge in [0.25, 0.3) is 0 Å². The molecule has 5 nitrogen and oxygen atoms in total. The molecule has 0 aliphatic heterocycles. The van der Waals surface area contributed by atoms with Crippen LogP contribution in [0.2, 0.25) is 10.0 Å². The molecule has 2 unspecified atom stereocenters. The van der Waals surface area contributed by atoms with Crippen LogP contribution in [0.4, 0.5) is 8.78 Å². The minimum Gasteiger partial charge on any atom is -0.481 e. The first-order valence-corrected chi connectivity index (χ1v) is 6.98. The molecule has 1 amide bonds. The number of benzene rings is 1. The molecule has 1 aliphatic rings. The van der Waals surface area contributed by atoms with E-state index in [2.05, 4.69) is 10.1 Å². The van der Waals surface area contributed by atoms with Crippen molar-refractivity contribution in [2.45, 2.75) is 19.6 Å². The molecule has 2 atom stereocenters. The van der Waals surface area contributed by atoms with Gasteiger partial charge in [-0.1, -0.05) is 23.2 Å². The van der Waals surface area contributed by atoms with Gasteiger partial charge in [0.15, 0.2) is 0 Å². The van der Waals surface area contributed by atoms with E-state index < -0.39 is 30.3 Å². The van der Waals surface area contributed by atoms with E-state index in [9.17, 15) is 18.4 Å². The predicted octanol–water partition coefficient (Wildman–Crippen LogP) is 2.93. The van der Waals surface area contributed by atoms with Gasteiger partial charge in [0.2, 0.25) is 5.91 Å². The van der Waals surface area contributed by atoms with Crippen molar-refractivity contribution in [3.05, 3.63) is 27.7 Å². The lowest BCUT2D eigenvalue weighted by Crippen LogP contribution is -2.26. The second-order valence-electron chi connectivity index (χ2n) is 4.76. The Kier molecular flexibility index (Phi) is 5.08. The number of rotatable bonds is 6. The number of halogens is 4. The van der Waals surface area contributed by atoms with E-state index >= 15 is 0 Å². The van der Waals surface area contributed by atoms with Crippen LogP contribution in [0.5, 0.6) is 5.75 Å². The molecule has 1 aromatic rings. The van der Waals surface area contributed by atoms with E-state index in [4.69, 9.17) is 28.3 Å². The summed E-state index contributed by atoms with van der Waals surface area (Å²) in [6, 6.07) is 2.58. The fourth-order valence-electron chi connectivity index (χ4n) is 2.04. The van der Waals surface area contributed by atoms with Crippen molar-refractivity contribution in [1.29, 1.82) is 0 Å². The molecule has 1 fully saturated rings. The molecule has 1 aromatic carbocycles. The van der Waals surface area contributed by atoms with E-state index in [0.29, 0.717) is 0 Å². The maximum absolute atomic E-state index is 12.4. The number of amides is 1. The van der Waals surface area contributed by atoms with E-state index in [1.165, 1.54) is 12.1 Å². The van der Waals surface area contributed by atoms with Crippen molar-refractivity contribution in [2.75, 3.05) is 0 Å². The number of aliphatic carboxylic acids is 1. The van der Waals surface area contributed by atoms with Crippen LogP contribution >= 0.6 is 23.2 Å². The monoisotopic (exact) mass is 353 g/mol. The van der Waals surface area contributed by atoms with Crippen LogP contribution in [0.1, 0.15) is 12.0 Å². The Morgan fingerprint density at radius 2 is 2.05 bits per heavy atom. The standard InChI is InChI=1S/C13H11Cl2F2NO4/c14-6-1-5(10(9(15)2-6)22-13(16)17)4-18-11(19)7-3-8(7)12(20)21/h1-2,7-8,13H,3-4H2,(H,18,19)(H,20,21). The first kappa shape index (κ1) is 16.8. The molecule has 0 radical (unpaired) electrons. The van der Waals surface area contributed by atoms with E-state index in [-0.39, 0.29) is 34.3 Å². The highest BCUT2D eigenvalue weighted by Crippen LogP contribution is 2.39. The summed E-state index contributed by atoms with van der Waals surface area (Å²) in [5.74, 6) is -3.07. The fraction of sp³-hybridized carbons (Fsp3) is 0.385. The molecule has 22 heavy (non-hydrogen) atoms. The second kappa shape index (κ2) is 6.66. The van der Waals surface area contributed by atoms with Crippen molar-refractivity contribution >= 4 is 35.1 Å². The maximum Gasteiger partial charge on any atom is 0.387 e. The van der Waals surface area contributed by atoms with Gasteiger partial charge in [0, 0.05) is 17.1 Å². The zero-order valence-corrected chi connectivity index (χ0v) is 12.5. The number of hydrogen-bond acceptors (Lipinski definition) is 3. The molecule has 1 aliphatic carbocycles. The van der Waals surface area contributed by atoms with Crippen molar-refractivity contribution < 1.29 is 28.2 Å². The van der Waals surface area contributed by atoms with Gasteiger partial charge in [-0.3, -0.25) is 9.59 Å². The third kappa shape index (κ3) is 3.98. The highest BCUT2D eigenvalue weighted by molar-refractivity contribution is 6.35. The highest BCUT2D eigenvalue weighted by atomic mass is 35.5. The maximum atomic E-state index is 12.4. The minimum absolute atomic E-state index is 0.105. The summed E-state index contributed by atoms with van der Waals surface area (Å²) < 4.78 is 29.1. The highest BCUT2D eigenvalue weighted by Gasteiger charge is 2.48. The first-order valence-electron chi connectivity index (χ1n) is 6.23. The topological polar surface area (TPSA) is 75.6 Å². The summed E-state index contributed by atoms with van der Waals surface area (Å²) >= 11 is 11.6. The molecule has 2 N–H and O–H groups in total. The smallest absolute Gasteiger partial charge is 0.387 e. The van der Waals surface area contributed by atoms with Crippen LogP contribution in [-0.2, 0) is 16.1 Å². The van der Waals surface area contributed by atoms with Crippen LogP contribution < -0.4 is 10.1 Å². The Morgan fingerprint density at radius 3 is 2.59 bits per heavy atom. The summed E-state index contributed by atoms with van der Waals surface area (Å²) in [7, 11) is 0. The lowest BCUT2D eigenvalue weighted by Gasteiger charge is -2.13. The molecule has 0 spiro atoms. The molecule has 0 heterocycles. The second-order valence-corrected chi connectivity index (χ2v) is 5.60. The fourth-order valence-corrected chi connectivity index (χ4v) is 2.62. The van der Waals surface area contributed by atoms with Gasteiger partial charge in [-0.05, 0) is 18.6 Å². The number of carbonyl (C=O) groups excluding carboxylic acids is 1. The number of hydrogen-bond donors (Lipinski definition) is 2. The first-order chi connectivity index (χ1) is 10.3. The van der Waals surface area contributed by atoms with Gasteiger partial charge in [0.1, 0.15) is 5.75 Å². The third-order valence-corrected chi connectivity index (χ3v) is 3.69. The quantitative estimate of drug-likeness (QED) is 0.824. The van der Waals surface area contributed by atoms with Crippen LogP contribution in [0, 0.1) is 11.8 Å². The molecule has 0 aromatic heterocycles. The van der Waals surface area contributed by atoms with Crippen molar-refractivity contribution in [3.8, 4) is 5.75 Å². The Hall–Kier alpha value is -1.60. The van der Waals surface area contributed by atoms with Gasteiger partial charge >= 0.3 is 12.6 Å². The lowest BCUT2D eigenvalue weighted by molar-refractivity contribution is -0.140. The van der Waals surface area contributed by atoms with Gasteiger partial charge < -0.3 is 15.2 Å². The Bertz CT molecular complexity index is 612. The molecular weight excluding hydrogens is 343 g/mol. The number of nitrogens with one attached hydrogen (secondary N) is 1. The van der Waals surface area contributed by atoms with Gasteiger partial charge in [-0.2, -0.15) is 8.78 Å². The van der Waals surface area contributed by atoms with E-state index in [1.807, 2.05) is 0 Å². The average molecular weight is 354 g/mol. The molecule has 1 saturated carbocycles. The van der Waals surface area contributed by atoms with Crippen molar-refractivity contribution in [3.63, 3.8) is 0 Å². The molecule has 0 saturated heterocycles. The Balaban J connectivity index is 2.06. The lowest BCUT2D eigenvalue weighted by atomic mass is 10.2. The zero-order chi connectivity index (χ0) is 16.4. The average Bonchev–Trinajstić information content (AvgIpc) is 3.19. The molecule has 9 heteroatoms. The van der Waals surface area contributed by atoms with E-state index in [0.717, 1.165) is 0 Å². The Morgan fingerprint density at radius 1 is 1.36 bits per heavy atom. The largest absolute Gasteiger partial charge is 0.481 e. The summed E-state index contributed by atoms with van der Waals surface area (Å²) in [6.07, 6.45) is 0.262. The molecule has 120 valence electrons. The third-order valence-electron chi connectivity index (χ3n) is 3.19. The number of carboxylic acid groups (broad SMARTS) is 1. The van der Waals surface area contributed by atoms with Gasteiger partial charge in [-0.25, -0.2) is 0 Å². The molecule has 0 bridgehead atoms. The van der Waals surface area contributed by atoms with Crippen LogP contribution in [0.3, 0.4) is 0 Å². The van der Waals surface area contributed by atoms with Crippen LogP contribution in [0.25, 0.3) is 0 Å². The Labute approximate surface area is 134 Å². The van der Waals surface area contributed by atoms with Gasteiger partial charge in [-0.15, -0.1) is 0 Å². The molecule has 2 rings (SSSR count). The predicted molar refractivity (Wildman–Crippen MR) is 74.2 cm³/mol. The summed E-state index contributed by atoms with van der Waals surface area (Å²) in [5.41, 5.74) is 0.179. The van der Waals surface area contributed by atoms with Crippen LogP contribution in [0.15, 0.2) is 12.1 Å². The van der Waals surface area contributed by atoms with Crippen molar-refractivity contribution in [1.82, 2.24) is 5.32 Å².